The van der Waals surface area contributed by atoms with Gasteiger partial charge in [0.1, 0.15) is 11.6 Å². The molecule has 0 aliphatic heterocycles. The van der Waals surface area contributed by atoms with Crippen LogP contribution in [0.1, 0.15) is 12.7 Å². The lowest BCUT2D eigenvalue weighted by Gasteiger charge is -2.04. The van der Waals surface area contributed by atoms with E-state index in [0.29, 0.717) is 0 Å². The van der Waals surface area contributed by atoms with Crippen LogP contribution in [-0.4, -0.2) is 19.5 Å². The Morgan fingerprint density at radius 2 is 2.21 bits per heavy atom. The SMILES string of the molecule is CCc1nccn1-c1ccnc(Cl)n1. The maximum Gasteiger partial charge on any atom is 0.224 e. The quantitative estimate of drug-likeness (QED) is 0.708. The van der Waals surface area contributed by atoms with Gasteiger partial charge >= 0.3 is 0 Å². The van der Waals surface area contributed by atoms with Gasteiger partial charge in [0.25, 0.3) is 0 Å². The van der Waals surface area contributed by atoms with Gasteiger partial charge in [0.2, 0.25) is 5.28 Å². The summed E-state index contributed by atoms with van der Waals surface area (Å²) >= 11 is 5.70. The molecular weight excluding hydrogens is 200 g/mol. The van der Waals surface area contributed by atoms with E-state index < -0.39 is 0 Å². The molecule has 0 unspecified atom stereocenters. The van der Waals surface area contributed by atoms with Crippen LogP contribution in [0.5, 0.6) is 0 Å². The molecule has 72 valence electrons. The maximum atomic E-state index is 5.70. The largest absolute Gasteiger partial charge is 0.288 e. The van der Waals surface area contributed by atoms with Gasteiger partial charge in [-0.05, 0) is 17.7 Å². The van der Waals surface area contributed by atoms with Gasteiger partial charge in [-0.2, -0.15) is 4.98 Å². The molecule has 14 heavy (non-hydrogen) atoms. The molecular formula is C9H9ClN4. The summed E-state index contributed by atoms with van der Waals surface area (Å²) in [7, 11) is 0. The molecule has 0 saturated carbocycles. The molecule has 0 bridgehead atoms. The van der Waals surface area contributed by atoms with Crippen LogP contribution < -0.4 is 0 Å². The first-order valence-corrected chi connectivity index (χ1v) is 4.70. The normalized spacial score (nSPS) is 10.4. The average Bonchev–Trinajstić information content (AvgIpc) is 2.65. The monoisotopic (exact) mass is 208 g/mol. The zero-order valence-corrected chi connectivity index (χ0v) is 8.44. The number of hydrogen-bond donors (Lipinski definition) is 0. The highest BCUT2D eigenvalue weighted by Gasteiger charge is 2.04. The van der Waals surface area contributed by atoms with Crippen molar-refractivity contribution in [2.45, 2.75) is 13.3 Å². The standard InChI is InChI=1S/C9H9ClN4/c1-2-7-11-5-6-14(7)8-3-4-12-9(10)13-8/h3-6H,2H2,1H3. The summed E-state index contributed by atoms with van der Waals surface area (Å²) in [5.74, 6) is 1.71. The number of aromatic nitrogens is 4. The van der Waals surface area contributed by atoms with E-state index in [9.17, 15) is 0 Å². The molecule has 2 heterocycles. The number of aryl methyl sites for hydroxylation is 1. The fourth-order valence-corrected chi connectivity index (χ4v) is 1.41. The van der Waals surface area contributed by atoms with Gasteiger partial charge in [0.05, 0.1) is 0 Å². The van der Waals surface area contributed by atoms with Crippen molar-refractivity contribution in [2.75, 3.05) is 0 Å². The van der Waals surface area contributed by atoms with Gasteiger partial charge in [-0.15, -0.1) is 0 Å². The van der Waals surface area contributed by atoms with Crippen LogP contribution in [0.4, 0.5) is 0 Å². The highest BCUT2D eigenvalue weighted by molar-refractivity contribution is 6.28. The van der Waals surface area contributed by atoms with Crippen LogP contribution in [0.3, 0.4) is 0 Å². The predicted molar refractivity (Wildman–Crippen MR) is 53.5 cm³/mol. The van der Waals surface area contributed by atoms with Gasteiger partial charge in [-0.3, -0.25) is 4.57 Å². The van der Waals surface area contributed by atoms with Gasteiger partial charge in [0.15, 0.2) is 0 Å². The van der Waals surface area contributed by atoms with E-state index in [0.717, 1.165) is 18.1 Å². The Bertz CT molecular complexity index is 438. The first-order chi connectivity index (χ1) is 6.81. The number of imidazole rings is 1. The Morgan fingerprint density at radius 3 is 2.93 bits per heavy atom. The third-order valence-electron chi connectivity index (χ3n) is 1.89. The van der Waals surface area contributed by atoms with E-state index in [1.54, 1.807) is 18.5 Å². The van der Waals surface area contributed by atoms with Crippen molar-refractivity contribution in [3.8, 4) is 5.82 Å². The predicted octanol–water partition coefficient (Wildman–Crippen LogP) is 1.88. The molecule has 0 aliphatic rings. The van der Waals surface area contributed by atoms with Gasteiger partial charge in [-0.25, -0.2) is 9.97 Å². The summed E-state index contributed by atoms with van der Waals surface area (Å²) in [6, 6.07) is 1.80. The zero-order chi connectivity index (χ0) is 9.97. The molecule has 0 atom stereocenters. The molecule has 0 aromatic carbocycles. The fraction of sp³-hybridized carbons (Fsp3) is 0.222. The molecule has 2 aromatic heterocycles. The number of halogens is 1. The Hall–Kier alpha value is -1.42. The van der Waals surface area contributed by atoms with Crippen LogP contribution in [0.15, 0.2) is 24.7 Å². The second-order valence-electron chi connectivity index (χ2n) is 2.75. The highest BCUT2D eigenvalue weighted by Crippen LogP contribution is 2.09. The van der Waals surface area contributed by atoms with Crippen molar-refractivity contribution in [3.63, 3.8) is 0 Å². The van der Waals surface area contributed by atoms with E-state index in [4.69, 9.17) is 11.6 Å². The lowest BCUT2D eigenvalue weighted by atomic mass is 10.4. The highest BCUT2D eigenvalue weighted by atomic mass is 35.5. The zero-order valence-electron chi connectivity index (χ0n) is 7.68. The number of nitrogens with zero attached hydrogens (tertiary/aromatic N) is 4. The Morgan fingerprint density at radius 1 is 1.36 bits per heavy atom. The first-order valence-electron chi connectivity index (χ1n) is 4.32. The van der Waals surface area contributed by atoms with Crippen LogP contribution in [0, 0.1) is 0 Å². The molecule has 2 rings (SSSR count). The molecule has 0 N–H and O–H groups in total. The van der Waals surface area contributed by atoms with Crippen molar-refractivity contribution in [3.05, 3.63) is 35.8 Å². The molecule has 5 heteroatoms. The maximum absolute atomic E-state index is 5.70. The Kier molecular flexibility index (Phi) is 2.45. The van der Waals surface area contributed by atoms with Crippen LogP contribution in [-0.2, 0) is 6.42 Å². The van der Waals surface area contributed by atoms with Crippen molar-refractivity contribution >= 4 is 11.6 Å². The van der Waals surface area contributed by atoms with E-state index in [1.807, 2.05) is 17.7 Å². The van der Waals surface area contributed by atoms with E-state index in [1.165, 1.54) is 0 Å². The topological polar surface area (TPSA) is 43.6 Å². The first kappa shape index (κ1) is 9.15. The molecule has 0 fully saturated rings. The third-order valence-corrected chi connectivity index (χ3v) is 2.07. The van der Waals surface area contributed by atoms with E-state index in [-0.39, 0.29) is 5.28 Å². The summed E-state index contributed by atoms with van der Waals surface area (Å²) in [6.45, 7) is 2.04. The molecule has 4 nitrogen and oxygen atoms in total. The van der Waals surface area contributed by atoms with Crippen LogP contribution in [0.2, 0.25) is 5.28 Å². The van der Waals surface area contributed by atoms with Gasteiger partial charge < -0.3 is 0 Å². The number of hydrogen-bond acceptors (Lipinski definition) is 3. The molecule has 0 amide bonds. The summed E-state index contributed by atoms with van der Waals surface area (Å²) in [5.41, 5.74) is 0. The molecule has 2 aromatic rings. The van der Waals surface area contributed by atoms with Crippen molar-refractivity contribution in [2.24, 2.45) is 0 Å². The van der Waals surface area contributed by atoms with E-state index >= 15 is 0 Å². The van der Waals surface area contributed by atoms with E-state index in [2.05, 4.69) is 15.0 Å². The minimum Gasteiger partial charge on any atom is -0.288 e. The van der Waals surface area contributed by atoms with Crippen molar-refractivity contribution in [1.82, 2.24) is 19.5 Å². The smallest absolute Gasteiger partial charge is 0.224 e. The average molecular weight is 209 g/mol. The van der Waals surface area contributed by atoms with Gasteiger partial charge in [0, 0.05) is 25.0 Å². The molecule has 0 radical (unpaired) electrons. The summed E-state index contributed by atoms with van der Waals surface area (Å²) < 4.78 is 1.90. The van der Waals surface area contributed by atoms with Crippen LogP contribution in [0.25, 0.3) is 5.82 Å². The third kappa shape index (κ3) is 1.61. The summed E-state index contributed by atoms with van der Waals surface area (Å²) in [4.78, 5) is 12.1. The summed E-state index contributed by atoms with van der Waals surface area (Å²) in [6.07, 6.45) is 6.09. The second-order valence-corrected chi connectivity index (χ2v) is 3.09. The Balaban J connectivity index is 2.49. The number of rotatable bonds is 2. The molecule has 0 aliphatic carbocycles. The minimum atomic E-state index is 0.248. The van der Waals surface area contributed by atoms with Crippen molar-refractivity contribution < 1.29 is 0 Å². The van der Waals surface area contributed by atoms with Crippen molar-refractivity contribution in [1.29, 1.82) is 0 Å². The van der Waals surface area contributed by atoms with Gasteiger partial charge in [-0.1, -0.05) is 6.92 Å². The molecule has 0 spiro atoms. The minimum absolute atomic E-state index is 0.248. The van der Waals surface area contributed by atoms with Crippen LogP contribution >= 0.6 is 11.6 Å². The lowest BCUT2D eigenvalue weighted by Crippen LogP contribution is -2.01. The molecule has 0 saturated heterocycles. The Labute approximate surface area is 86.6 Å². The second kappa shape index (κ2) is 3.75. The lowest BCUT2D eigenvalue weighted by molar-refractivity contribution is 0.861. The fourth-order valence-electron chi connectivity index (χ4n) is 1.26. The summed E-state index contributed by atoms with van der Waals surface area (Å²) in [5, 5.41) is 0.248.